The van der Waals surface area contributed by atoms with Crippen molar-refractivity contribution in [2.45, 2.75) is 26.4 Å². The van der Waals surface area contributed by atoms with Crippen LogP contribution in [-0.2, 0) is 13.0 Å². The van der Waals surface area contributed by atoms with Crippen LogP contribution in [0.4, 0.5) is 0 Å². The molecular formula is C17H20O2. The van der Waals surface area contributed by atoms with Gasteiger partial charge in [-0.3, -0.25) is 0 Å². The van der Waals surface area contributed by atoms with Gasteiger partial charge in [-0.15, -0.1) is 0 Å². The molecule has 0 atom stereocenters. The van der Waals surface area contributed by atoms with Gasteiger partial charge in [0, 0.05) is 0 Å². The van der Waals surface area contributed by atoms with Gasteiger partial charge in [0.2, 0.25) is 0 Å². The molecule has 2 nitrogen and oxygen atoms in total. The lowest BCUT2D eigenvalue weighted by Gasteiger charge is -2.11. The third-order valence-corrected chi connectivity index (χ3v) is 3.05. The molecule has 0 aliphatic carbocycles. The molecule has 0 saturated heterocycles. The van der Waals surface area contributed by atoms with Gasteiger partial charge < -0.3 is 9.47 Å². The molecule has 2 heteroatoms. The number of rotatable bonds is 6. The number of methoxy groups -OCH3 is 1. The first-order valence-corrected chi connectivity index (χ1v) is 6.67. The van der Waals surface area contributed by atoms with Gasteiger partial charge in [-0.1, -0.05) is 43.7 Å². The molecule has 0 aromatic heterocycles. The minimum atomic E-state index is 0.588. The van der Waals surface area contributed by atoms with Gasteiger partial charge in [0.05, 0.1) is 7.11 Å². The molecule has 2 aromatic rings. The first-order chi connectivity index (χ1) is 9.33. The van der Waals surface area contributed by atoms with Crippen LogP contribution in [0.1, 0.15) is 24.5 Å². The van der Waals surface area contributed by atoms with Gasteiger partial charge in [-0.25, -0.2) is 0 Å². The third-order valence-electron chi connectivity index (χ3n) is 3.05. The molecule has 0 aliphatic heterocycles. The topological polar surface area (TPSA) is 18.5 Å². The predicted molar refractivity (Wildman–Crippen MR) is 77.8 cm³/mol. The van der Waals surface area contributed by atoms with E-state index in [2.05, 4.69) is 19.1 Å². The number of hydrogen-bond acceptors (Lipinski definition) is 2. The molecule has 2 rings (SSSR count). The lowest BCUT2D eigenvalue weighted by Crippen LogP contribution is -1.98. The van der Waals surface area contributed by atoms with Crippen molar-refractivity contribution in [2.75, 3.05) is 7.11 Å². The van der Waals surface area contributed by atoms with Gasteiger partial charge in [0.15, 0.2) is 0 Å². The fraction of sp³-hybridized carbons (Fsp3) is 0.294. The zero-order chi connectivity index (χ0) is 13.5. The van der Waals surface area contributed by atoms with Crippen LogP contribution in [0.3, 0.4) is 0 Å². The molecule has 0 fully saturated rings. The standard InChI is InChI=1S/C17H20O2/c1-3-6-15-7-4-5-8-17(15)19-13-14-9-11-16(18-2)12-10-14/h4-5,7-12H,3,6,13H2,1-2H3. The number of benzene rings is 2. The largest absolute Gasteiger partial charge is 0.497 e. The zero-order valence-corrected chi connectivity index (χ0v) is 11.6. The summed E-state index contributed by atoms with van der Waals surface area (Å²) in [5.41, 5.74) is 2.42. The Morgan fingerprint density at radius 1 is 0.947 bits per heavy atom. The highest BCUT2D eigenvalue weighted by atomic mass is 16.5. The Morgan fingerprint density at radius 2 is 1.68 bits per heavy atom. The van der Waals surface area contributed by atoms with Crippen molar-refractivity contribution in [3.05, 3.63) is 59.7 Å². The zero-order valence-electron chi connectivity index (χ0n) is 11.6. The molecule has 0 heterocycles. The van der Waals surface area contributed by atoms with Crippen LogP contribution in [0.2, 0.25) is 0 Å². The summed E-state index contributed by atoms with van der Waals surface area (Å²) in [5, 5.41) is 0. The van der Waals surface area contributed by atoms with E-state index >= 15 is 0 Å². The fourth-order valence-electron chi connectivity index (χ4n) is 2.00. The van der Waals surface area contributed by atoms with Crippen LogP contribution in [0.15, 0.2) is 48.5 Å². The summed E-state index contributed by atoms with van der Waals surface area (Å²) in [7, 11) is 1.67. The van der Waals surface area contributed by atoms with Gasteiger partial charge in [-0.2, -0.15) is 0 Å². The van der Waals surface area contributed by atoms with Crippen molar-refractivity contribution in [2.24, 2.45) is 0 Å². The van der Waals surface area contributed by atoms with Crippen molar-refractivity contribution in [1.29, 1.82) is 0 Å². The Balaban J connectivity index is 2.01. The maximum Gasteiger partial charge on any atom is 0.122 e. The Morgan fingerprint density at radius 3 is 2.37 bits per heavy atom. The molecule has 0 radical (unpaired) electrons. The van der Waals surface area contributed by atoms with E-state index in [1.807, 2.05) is 36.4 Å². The minimum Gasteiger partial charge on any atom is -0.497 e. The maximum absolute atomic E-state index is 5.91. The van der Waals surface area contributed by atoms with Crippen molar-refractivity contribution < 1.29 is 9.47 Å². The van der Waals surface area contributed by atoms with Crippen LogP contribution in [0, 0.1) is 0 Å². The summed E-state index contributed by atoms with van der Waals surface area (Å²) in [4.78, 5) is 0. The summed E-state index contributed by atoms with van der Waals surface area (Å²) < 4.78 is 11.1. The van der Waals surface area contributed by atoms with E-state index in [9.17, 15) is 0 Å². The van der Waals surface area contributed by atoms with Crippen LogP contribution in [0.25, 0.3) is 0 Å². The highest BCUT2D eigenvalue weighted by Gasteiger charge is 2.02. The Hall–Kier alpha value is -1.96. The van der Waals surface area contributed by atoms with Crippen LogP contribution < -0.4 is 9.47 Å². The molecule has 0 saturated carbocycles. The third kappa shape index (κ3) is 3.75. The molecule has 0 aliphatic rings. The second-order valence-corrected chi connectivity index (χ2v) is 4.49. The first-order valence-electron chi connectivity index (χ1n) is 6.67. The molecule has 0 amide bonds. The van der Waals surface area contributed by atoms with Gasteiger partial charge in [-0.05, 0) is 35.7 Å². The summed E-state index contributed by atoms with van der Waals surface area (Å²) >= 11 is 0. The van der Waals surface area contributed by atoms with E-state index in [0.717, 1.165) is 29.9 Å². The highest BCUT2D eigenvalue weighted by molar-refractivity contribution is 5.34. The molecular weight excluding hydrogens is 236 g/mol. The van der Waals surface area contributed by atoms with Gasteiger partial charge in [0.1, 0.15) is 18.1 Å². The monoisotopic (exact) mass is 256 g/mol. The average Bonchev–Trinajstić information content (AvgIpc) is 2.47. The number of para-hydroxylation sites is 1. The minimum absolute atomic E-state index is 0.588. The van der Waals surface area contributed by atoms with E-state index in [0.29, 0.717) is 6.61 Å². The smallest absolute Gasteiger partial charge is 0.122 e. The summed E-state index contributed by atoms with van der Waals surface area (Å²) in [6.45, 7) is 2.77. The molecule has 100 valence electrons. The van der Waals surface area contributed by atoms with E-state index < -0.39 is 0 Å². The predicted octanol–water partition coefficient (Wildman–Crippen LogP) is 4.23. The normalized spacial score (nSPS) is 10.2. The van der Waals surface area contributed by atoms with Crippen LogP contribution in [0.5, 0.6) is 11.5 Å². The molecule has 0 N–H and O–H groups in total. The summed E-state index contributed by atoms with van der Waals surface area (Å²) in [6, 6.07) is 16.2. The van der Waals surface area contributed by atoms with E-state index in [4.69, 9.17) is 9.47 Å². The lowest BCUT2D eigenvalue weighted by atomic mass is 10.1. The van der Waals surface area contributed by atoms with Crippen LogP contribution in [-0.4, -0.2) is 7.11 Å². The molecule has 0 spiro atoms. The van der Waals surface area contributed by atoms with Crippen molar-refractivity contribution in [3.63, 3.8) is 0 Å². The van der Waals surface area contributed by atoms with E-state index in [1.54, 1.807) is 7.11 Å². The first kappa shape index (κ1) is 13.5. The van der Waals surface area contributed by atoms with Gasteiger partial charge >= 0.3 is 0 Å². The van der Waals surface area contributed by atoms with Crippen molar-refractivity contribution in [3.8, 4) is 11.5 Å². The molecule has 19 heavy (non-hydrogen) atoms. The van der Waals surface area contributed by atoms with Crippen LogP contribution >= 0.6 is 0 Å². The van der Waals surface area contributed by atoms with E-state index in [-0.39, 0.29) is 0 Å². The fourth-order valence-corrected chi connectivity index (χ4v) is 2.00. The number of ether oxygens (including phenoxy) is 2. The average molecular weight is 256 g/mol. The van der Waals surface area contributed by atoms with Crippen molar-refractivity contribution in [1.82, 2.24) is 0 Å². The summed E-state index contributed by atoms with van der Waals surface area (Å²) in [6.07, 6.45) is 2.18. The maximum atomic E-state index is 5.91. The second-order valence-electron chi connectivity index (χ2n) is 4.49. The van der Waals surface area contributed by atoms with Crippen molar-refractivity contribution >= 4 is 0 Å². The second kappa shape index (κ2) is 6.83. The highest BCUT2D eigenvalue weighted by Crippen LogP contribution is 2.21. The summed E-state index contributed by atoms with van der Waals surface area (Å²) in [5.74, 6) is 1.86. The molecule has 0 bridgehead atoms. The Bertz CT molecular complexity index is 503. The molecule has 2 aromatic carbocycles. The number of aryl methyl sites for hydroxylation is 1. The SMILES string of the molecule is CCCc1ccccc1OCc1ccc(OC)cc1. The molecule has 0 unspecified atom stereocenters. The van der Waals surface area contributed by atoms with Gasteiger partial charge in [0.25, 0.3) is 0 Å². The Kier molecular flexibility index (Phi) is 4.85. The van der Waals surface area contributed by atoms with E-state index in [1.165, 1.54) is 5.56 Å². The lowest BCUT2D eigenvalue weighted by molar-refractivity contribution is 0.302. The quantitative estimate of drug-likeness (QED) is 0.770. The Labute approximate surface area is 115 Å². The number of hydrogen-bond donors (Lipinski definition) is 0.